The van der Waals surface area contributed by atoms with Crippen LogP contribution in [0.15, 0.2) is 30.3 Å². The number of carbonyl (C=O) groups is 1. The summed E-state index contributed by atoms with van der Waals surface area (Å²) < 4.78 is 5.29. The van der Waals surface area contributed by atoms with Crippen molar-refractivity contribution in [2.45, 2.75) is 32.9 Å². The number of likely N-dealkylation sites (tertiary alicyclic amines) is 1. The van der Waals surface area contributed by atoms with E-state index in [-0.39, 0.29) is 17.6 Å². The summed E-state index contributed by atoms with van der Waals surface area (Å²) >= 11 is 0. The largest absolute Gasteiger partial charge is 0.445 e. The highest BCUT2D eigenvalue weighted by Crippen LogP contribution is 2.28. The van der Waals surface area contributed by atoms with Gasteiger partial charge in [-0.05, 0) is 31.0 Å². The highest BCUT2D eigenvalue weighted by Gasteiger charge is 2.35. The third kappa shape index (κ3) is 3.97. The number of amides is 1. The molecule has 110 valence electrons. The van der Waals surface area contributed by atoms with E-state index in [4.69, 9.17) is 4.74 Å². The average Bonchev–Trinajstić information content (AvgIpc) is 2.40. The predicted molar refractivity (Wildman–Crippen MR) is 79.4 cm³/mol. The summed E-state index contributed by atoms with van der Waals surface area (Å²) in [5, 5.41) is 3.01. The molecule has 0 bridgehead atoms. The van der Waals surface area contributed by atoms with Crippen LogP contribution in [-0.4, -0.2) is 37.2 Å². The van der Waals surface area contributed by atoms with E-state index in [1.165, 1.54) is 0 Å². The highest BCUT2D eigenvalue weighted by molar-refractivity contribution is 5.67. The zero-order chi connectivity index (χ0) is 14.6. The number of carbonyl (C=O) groups excluding carboxylic acids is 1. The minimum atomic E-state index is -0.323. The van der Waals surface area contributed by atoms with Crippen molar-refractivity contribution in [1.29, 1.82) is 0 Å². The quantitative estimate of drug-likeness (QED) is 0.922. The Morgan fingerprint density at radius 2 is 2.10 bits per heavy atom. The molecule has 20 heavy (non-hydrogen) atoms. The molecule has 0 spiro atoms. The van der Waals surface area contributed by atoms with E-state index in [1.807, 2.05) is 30.3 Å². The molecule has 4 nitrogen and oxygen atoms in total. The maximum absolute atomic E-state index is 11.9. The molecule has 1 heterocycles. The van der Waals surface area contributed by atoms with Crippen molar-refractivity contribution in [3.8, 4) is 0 Å². The Hall–Kier alpha value is -1.55. The highest BCUT2D eigenvalue weighted by atomic mass is 16.5. The lowest BCUT2D eigenvalue weighted by molar-refractivity contribution is 0.0806. The second-order valence-corrected chi connectivity index (χ2v) is 6.27. The molecule has 1 aromatic carbocycles. The summed E-state index contributed by atoms with van der Waals surface area (Å²) in [4.78, 5) is 14.2. The van der Waals surface area contributed by atoms with Gasteiger partial charge in [0.25, 0.3) is 0 Å². The van der Waals surface area contributed by atoms with Crippen molar-refractivity contribution in [3.63, 3.8) is 0 Å². The summed E-state index contributed by atoms with van der Waals surface area (Å²) in [7, 11) is 2.12. The summed E-state index contributed by atoms with van der Waals surface area (Å²) in [5.74, 6) is 0. The van der Waals surface area contributed by atoms with Gasteiger partial charge in [-0.25, -0.2) is 4.79 Å². The van der Waals surface area contributed by atoms with Crippen LogP contribution in [0.2, 0.25) is 0 Å². The summed E-state index contributed by atoms with van der Waals surface area (Å²) in [6.07, 6.45) is 0.640. The Labute approximate surface area is 121 Å². The maximum Gasteiger partial charge on any atom is 0.407 e. The van der Waals surface area contributed by atoms with Gasteiger partial charge in [0, 0.05) is 12.6 Å². The lowest BCUT2D eigenvalue weighted by Crippen LogP contribution is -2.54. The Morgan fingerprint density at radius 3 is 2.75 bits per heavy atom. The third-order valence-corrected chi connectivity index (χ3v) is 3.93. The van der Waals surface area contributed by atoms with Crippen molar-refractivity contribution in [1.82, 2.24) is 10.2 Å². The maximum atomic E-state index is 11.9. The molecule has 1 atom stereocenters. The van der Waals surface area contributed by atoms with Gasteiger partial charge >= 0.3 is 6.09 Å². The average molecular weight is 276 g/mol. The molecule has 1 aromatic rings. The molecule has 0 saturated carbocycles. The van der Waals surface area contributed by atoms with Gasteiger partial charge < -0.3 is 15.0 Å². The molecule has 1 aliphatic rings. The first-order valence-corrected chi connectivity index (χ1v) is 7.13. The van der Waals surface area contributed by atoms with Crippen LogP contribution in [0, 0.1) is 5.41 Å². The number of piperidine rings is 1. The molecule has 0 radical (unpaired) electrons. The fraction of sp³-hybridized carbons (Fsp3) is 0.562. The number of alkyl carbamates (subject to hydrolysis) is 1. The van der Waals surface area contributed by atoms with Crippen LogP contribution in [0.5, 0.6) is 0 Å². The molecule has 0 aromatic heterocycles. The standard InChI is InChI=1S/C16H24N2O2/c1-16(2)12-18(3)10-9-14(16)17-15(19)20-11-13-7-5-4-6-8-13/h4-8,14H,9-12H2,1-3H3,(H,17,19)/t14-/m1/s1. The lowest BCUT2D eigenvalue weighted by atomic mass is 9.79. The summed E-state index contributed by atoms with van der Waals surface area (Å²) in [5.41, 5.74) is 1.07. The first-order valence-electron chi connectivity index (χ1n) is 7.13. The minimum absolute atomic E-state index is 0.0682. The molecular weight excluding hydrogens is 252 g/mol. The van der Waals surface area contributed by atoms with Gasteiger partial charge in [-0.1, -0.05) is 44.2 Å². The SMILES string of the molecule is CN1CC[C@@H](NC(=O)OCc2ccccc2)C(C)(C)C1. The molecule has 0 unspecified atom stereocenters. The molecule has 1 saturated heterocycles. The number of ether oxygens (including phenoxy) is 1. The Kier molecular flexibility index (Phi) is 4.65. The number of benzene rings is 1. The Bertz CT molecular complexity index is 445. The summed E-state index contributed by atoms with van der Waals surface area (Å²) in [6.45, 7) is 6.68. The minimum Gasteiger partial charge on any atom is -0.445 e. The zero-order valence-electron chi connectivity index (χ0n) is 12.6. The molecule has 0 aliphatic carbocycles. The van der Waals surface area contributed by atoms with E-state index >= 15 is 0 Å². The van der Waals surface area contributed by atoms with Crippen molar-refractivity contribution >= 4 is 6.09 Å². The fourth-order valence-electron chi connectivity index (χ4n) is 2.80. The van der Waals surface area contributed by atoms with E-state index in [1.54, 1.807) is 0 Å². The van der Waals surface area contributed by atoms with Crippen LogP contribution in [-0.2, 0) is 11.3 Å². The van der Waals surface area contributed by atoms with Crippen molar-refractivity contribution in [2.24, 2.45) is 5.41 Å². The van der Waals surface area contributed by atoms with Crippen LogP contribution in [0.3, 0.4) is 0 Å². The molecule has 1 N–H and O–H groups in total. The summed E-state index contributed by atoms with van der Waals surface area (Å²) in [6, 6.07) is 9.90. The number of nitrogens with one attached hydrogen (secondary N) is 1. The first-order chi connectivity index (χ1) is 9.47. The zero-order valence-corrected chi connectivity index (χ0v) is 12.6. The van der Waals surface area contributed by atoms with Gasteiger partial charge in [0.2, 0.25) is 0 Å². The topological polar surface area (TPSA) is 41.6 Å². The van der Waals surface area contributed by atoms with Crippen molar-refractivity contribution < 1.29 is 9.53 Å². The predicted octanol–water partition coefficient (Wildman–Crippen LogP) is 2.64. The third-order valence-electron chi connectivity index (χ3n) is 3.93. The van der Waals surface area contributed by atoms with E-state index in [9.17, 15) is 4.79 Å². The number of hydrogen-bond donors (Lipinski definition) is 1. The normalized spacial score (nSPS) is 22.2. The van der Waals surface area contributed by atoms with Gasteiger partial charge in [0.1, 0.15) is 6.61 Å². The first kappa shape index (κ1) is 14.9. The smallest absolute Gasteiger partial charge is 0.407 e. The van der Waals surface area contributed by atoms with Gasteiger partial charge in [0.15, 0.2) is 0 Å². The van der Waals surface area contributed by atoms with Crippen LogP contribution in [0.4, 0.5) is 4.79 Å². The van der Waals surface area contributed by atoms with Crippen LogP contribution in [0.1, 0.15) is 25.8 Å². The number of nitrogens with zero attached hydrogens (tertiary/aromatic N) is 1. The molecule has 4 heteroatoms. The van der Waals surface area contributed by atoms with Gasteiger partial charge in [-0.3, -0.25) is 0 Å². The van der Waals surface area contributed by atoms with Crippen LogP contribution >= 0.6 is 0 Å². The Morgan fingerprint density at radius 1 is 1.40 bits per heavy atom. The Balaban J connectivity index is 1.82. The van der Waals surface area contributed by atoms with E-state index < -0.39 is 0 Å². The van der Waals surface area contributed by atoms with Gasteiger partial charge in [0.05, 0.1) is 0 Å². The second kappa shape index (κ2) is 6.27. The second-order valence-electron chi connectivity index (χ2n) is 6.27. The van der Waals surface area contributed by atoms with E-state index in [0.717, 1.165) is 25.1 Å². The van der Waals surface area contributed by atoms with Crippen LogP contribution < -0.4 is 5.32 Å². The molecule has 1 aliphatic heterocycles. The monoisotopic (exact) mass is 276 g/mol. The van der Waals surface area contributed by atoms with E-state index in [2.05, 4.69) is 31.1 Å². The molecular formula is C16H24N2O2. The number of hydrogen-bond acceptors (Lipinski definition) is 3. The lowest BCUT2D eigenvalue weighted by Gasteiger charge is -2.42. The van der Waals surface area contributed by atoms with Crippen molar-refractivity contribution in [3.05, 3.63) is 35.9 Å². The number of rotatable bonds is 3. The van der Waals surface area contributed by atoms with Gasteiger partial charge in [-0.15, -0.1) is 0 Å². The molecule has 2 rings (SSSR count). The van der Waals surface area contributed by atoms with Gasteiger partial charge in [-0.2, -0.15) is 0 Å². The van der Waals surface area contributed by atoms with Crippen molar-refractivity contribution in [2.75, 3.05) is 20.1 Å². The van der Waals surface area contributed by atoms with E-state index in [0.29, 0.717) is 6.61 Å². The molecule has 1 fully saturated rings. The molecule has 1 amide bonds. The fourth-order valence-corrected chi connectivity index (χ4v) is 2.80. The van der Waals surface area contributed by atoms with Crippen LogP contribution in [0.25, 0.3) is 0 Å².